The van der Waals surface area contributed by atoms with Crippen molar-refractivity contribution < 1.29 is 14.3 Å². The molecular formula is C11H17NO3. The zero-order valence-electron chi connectivity index (χ0n) is 9.40. The van der Waals surface area contributed by atoms with Crippen LogP contribution in [-0.2, 0) is 14.3 Å². The third kappa shape index (κ3) is 3.38. The van der Waals surface area contributed by atoms with E-state index in [1.54, 1.807) is 19.0 Å². The molecule has 1 amide bonds. The van der Waals surface area contributed by atoms with E-state index in [2.05, 4.69) is 0 Å². The first kappa shape index (κ1) is 11.8. The van der Waals surface area contributed by atoms with Crippen LogP contribution in [0.25, 0.3) is 0 Å². The van der Waals surface area contributed by atoms with E-state index in [1.165, 1.54) is 6.92 Å². The Labute approximate surface area is 89.9 Å². The molecule has 0 saturated heterocycles. The smallest absolute Gasteiger partial charge is 0.302 e. The molecule has 0 unspecified atom stereocenters. The number of esters is 1. The minimum Gasteiger partial charge on any atom is -0.462 e. The first-order chi connectivity index (χ1) is 7.00. The van der Waals surface area contributed by atoms with Crippen LogP contribution in [0.5, 0.6) is 0 Å². The zero-order chi connectivity index (χ0) is 11.4. The highest BCUT2D eigenvalue weighted by Gasteiger charge is 2.27. The number of carbonyl (C=O) groups excluding carboxylic acids is 2. The Kier molecular flexibility index (Phi) is 3.88. The number of hydrogen-bond acceptors (Lipinski definition) is 3. The number of amides is 1. The van der Waals surface area contributed by atoms with Gasteiger partial charge < -0.3 is 9.64 Å². The number of hydrogen-bond donors (Lipinski definition) is 0. The standard InChI is InChI=1S/C11H17NO3/c1-8(13)15-10-6-4-5-9(10)7-11(14)12(2)3/h4-5,9-10H,6-7H2,1-3H3/t9-,10-/m1/s1. The van der Waals surface area contributed by atoms with E-state index in [9.17, 15) is 9.59 Å². The predicted molar refractivity (Wildman–Crippen MR) is 56.1 cm³/mol. The lowest BCUT2D eigenvalue weighted by atomic mass is 10.0. The van der Waals surface area contributed by atoms with E-state index < -0.39 is 0 Å². The molecule has 0 heterocycles. The quantitative estimate of drug-likeness (QED) is 0.516. The Hall–Kier alpha value is -1.32. The molecule has 0 N–H and O–H groups in total. The fourth-order valence-electron chi connectivity index (χ4n) is 1.62. The average Bonchev–Trinajstić information content (AvgIpc) is 2.51. The summed E-state index contributed by atoms with van der Waals surface area (Å²) in [6.07, 6.45) is 4.87. The van der Waals surface area contributed by atoms with Crippen molar-refractivity contribution in [2.24, 2.45) is 5.92 Å². The van der Waals surface area contributed by atoms with Gasteiger partial charge in [-0.3, -0.25) is 9.59 Å². The molecule has 4 heteroatoms. The molecule has 0 radical (unpaired) electrons. The van der Waals surface area contributed by atoms with Crippen molar-refractivity contribution in [2.75, 3.05) is 14.1 Å². The molecule has 0 aromatic heterocycles. The minimum absolute atomic E-state index is 0.0313. The van der Waals surface area contributed by atoms with Gasteiger partial charge in [-0.25, -0.2) is 0 Å². The first-order valence-corrected chi connectivity index (χ1v) is 5.04. The van der Waals surface area contributed by atoms with E-state index in [4.69, 9.17) is 4.74 Å². The van der Waals surface area contributed by atoms with Crippen LogP contribution >= 0.6 is 0 Å². The highest BCUT2D eigenvalue weighted by atomic mass is 16.5. The molecule has 0 saturated carbocycles. The molecule has 0 aromatic rings. The molecule has 1 aliphatic carbocycles. The fraction of sp³-hybridized carbons (Fsp3) is 0.636. The summed E-state index contributed by atoms with van der Waals surface area (Å²) in [4.78, 5) is 23.9. The van der Waals surface area contributed by atoms with Gasteiger partial charge in [0, 0.05) is 39.8 Å². The molecule has 0 bridgehead atoms. The van der Waals surface area contributed by atoms with Crippen molar-refractivity contribution in [1.29, 1.82) is 0 Å². The first-order valence-electron chi connectivity index (χ1n) is 5.04. The second kappa shape index (κ2) is 4.96. The largest absolute Gasteiger partial charge is 0.462 e. The van der Waals surface area contributed by atoms with Crippen molar-refractivity contribution in [3.05, 3.63) is 12.2 Å². The molecule has 0 aliphatic heterocycles. The van der Waals surface area contributed by atoms with Crippen LogP contribution in [0.15, 0.2) is 12.2 Å². The Morgan fingerprint density at radius 1 is 1.47 bits per heavy atom. The highest BCUT2D eigenvalue weighted by molar-refractivity contribution is 5.76. The lowest BCUT2D eigenvalue weighted by molar-refractivity contribution is -0.149. The molecule has 0 aromatic carbocycles. The van der Waals surface area contributed by atoms with E-state index in [0.29, 0.717) is 12.8 Å². The summed E-state index contributed by atoms with van der Waals surface area (Å²) in [5.41, 5.74) is 0. The van der Waals surface area contributed by atoms with Crippen LogP contribution in [0.2, 0.25) is 0 Å². The van der Waals surface area contributed by atoms with Gasteiger partial charge in [0.1, 0.15) is 6.10 Å². The summed E-state index contributed by atoms with van der Waals surface area (Å²) < 4.78 is 5.13. The highest BCUT2D eigenvalue weighted by Crippen LogP contribution is 2.25. The SMILES string of the molecule is CC(=O)O[C@@H]1CC=C[C@@H]1CC(=O)N(C)C. The van der Waals surface area contributed by atoms with Crippen LogP contribution in [0.4, 0.5) is 0 Å². The Balaban J connectivity index is 2.49. The zero-order valence-corrected chi connectivity index (χ0v) is 9.40. The summed E-state index contributed by atoms with van der Waals surface area (Å²) in [7, 11) is 3.45. The van der Waals surface area contributed by atoms with Crippen LogP contribution in [-0.4, -0.2) is 37.0 Å². The third-order valence-corrected chi connectivity index (χ3v) is 2.46. The lowest BCUT2D eigenvalue weighted by Crippen LogP contribution is -2.29. The van der Waals surface area contributed by atoms with Gasteiger partial charge in [-0.15, -0.1) is 0 Å². The van der Waals surface area contributed by atoms with Gasteiger partial charge in [0.15, 0.2) is 0 Å². The lowest BCUT2D eigenvalue weighted by Gasteiger charge is -2.20. The summed E-state index contributed by atoms with van der Waals surface area (Å²) in [5.74, 6) is -0.196. The molecular weight excluding hydrogens is 194 g/mol. The van der Waals surface area contributed by atoms with Gasteiger partial charge in [-0.05, 0) is 0 Å². The van der Waals surface area contributed by atoms with Crippen LogP contribution in [0.3, 0.4) is 0 Å². The molecule has 1 aliphatic rings. The maximum absolute atomic E-state index is 11.5. The van der Waals surface area contributed by atoms with Crippen LogP contribution < -0.4 is 0 Å². The van der Waals surface area contributed by atoms with Crippen molar-refractivity contribution in [2.45, 2.75) is 25.9 Å². The summed E-state index contributed by atoms with van der Waals surface area (Å²) >= 11 is 0. The Morgan fingerprint density at radius 3 is 2.67 bits per heavy atom. The van der Waals surface area contributed by atoms with Crippen LogP contribution in [0, 0.1) is 5.92 Å². The summed E-state index contributed by atoms with van der Waals surface area (Å²) in [6.45, 7) is 1.39. The molecule has 4 nitrogen and oxygen atoms in total. The van der Waals surface area contributed by atoms with E-state index in [-0.39, 0.29) is 23.9 Å². The molecule has 15 heavy (non-hydrogen) atoms. The van der Waals surface area contributed by atoms with Crippen molar-refractivity contribution in [1.82, 2.24) is 4.90 Å². The Morgan fingerprint density at radius 2 is 2.13 bits per heavy atom. The molecule has 84 valence electrons. The van der Waals surface area contributed by atoms with E-state index in [0.717, 1.165) is 0 Å². The average molecular weight is 211 g/mol. The minimum atomic E-state index is -0.286. The van der Waals surface area contributed by atoms with Crippen LogP contribution in [0.1, 0.15) is 19.8 Å². The van der Waals surface area contributed by atoms with Crippen molar-refractivity contribution >= 4 is 11.9 Å². The normalized spacial score (nSPS) is 23.9. The molecule has 0 fully saturated rings. The number of carbonyl (C=O) groups is 2. The molecule has 2 atom stereocenters. The Bertz CT molecular complexity index is 284. The summed E-state index contributed by atoms with van der Waals surface area (Å²) in [5, 5.41) is 0. The van der Waals surface area contributed by atoms with Gasteiger partial charge in [0.2, 0.25) is 5.91 Å². The second-order valence-electron chi connectivity index (χ2n) is 3.97. The van der Waals surface area contributed by atoms with E-state index >= 15 is 0 Å². The third-order valence-electron chi connectivity index (χ3n) is 2.46. The van der Waals surface area contributed by atoms with E-state index in [1.807, 2.05) is 12.2 Å². The number of nitrogens with zero attached hydrogens (tertiary/aromatic N) is 1. The van der Waals surface area contributed by atoms with Gasteiger partial charge in [0.05, 0.1) is 0 Å². The van der Waals surface area contributed by atoms with Gasteiger partial charge >= 0.3 is 5.97 Å². The van der Waals surface area contributed by atoms with Crippen molar-refractivity contribution in [3.63, 3.8) is 0 Å². The van der Waals surface area contributed by atoms with Gasteiger partial charge in [-0.2, -0.15) is 0 Å². The second-order valence-corrected chi connectivity index (χ2v) is 3.97. The monoisotopic (exact) mass is 211 g/mol. The predicted octanol–water partition coefficient (Wildman–Crippen LogP) is 0.972. The maximum Gasteiger partial charge on any atom is 0.302 e. The molecule has 0 spiro atoms. The van der Waals surface area contributed by atoms with Gasteiger partial charge in [0.25, 0.3) is 0 Å². The summed E-state index contributed by atoms with van der Waals surface area (Å²) in [6, 6.07) is 0. The number of ether oxygens (including phenoxy) is 1. The van der Waals surface area contributed by atoms with Gasteiger partial charge in [-0.1, -0.05) is 12.2 Å². The number of rotatable bonds is 3. The topological polar surface area (TPSA) is 46.6 Å². The maximum atomic E-state index is 11.5. The molecule has 1 rings (SSSR count). The van der Waals surface area contributed by atoms with Crippen molar-refractivity contribution in [3.8, 4) is 0 Å². The fourth-order valence-corrected chi connectivity index (χ4v) is 1.62.